The Hall–Kier alpha value is -3.81. The summed E-state index contributed by atoms with van der Waals surface area (Å²) in [5.41, 5.74) is 6.25. The van der Waals surface area contributed by atoms with Crippen molar-refractivity contribution < 1.29 is 14.2 Å². The van der Waals surface area contributed by atoms with Gasteiger partial charge in [0.15, 0.2) is 0 Å². The van der Waals surface area contributed by atoms with Gasteiger partial charge in [0.2, 0.25) is 11.9 Å². The zero-order chi connectivity index (χ0) is 22.0. The van der Waals surface area contributed by atoms with Gasteiger partial charge < -0.3 is 0 Å². The zero-order valence-electron chi connectivity index (χ0n) is 17.8. The van der Waals surface area contributed by atoms with Crippen molar-refractivity contribution in [3.63, 3.8) is 0 Å². The molecule has 0 spiro atoms. The Morgan fingerprint density at radius 1 is 1.06 bits per heavy atom. The van der Waals surface area contributed by atoms with Crippen molar-refractivity contribution in [3.8, 4) is 0 Å². The first-order valence-electron chi connectivity index (χ1n) is 10.1. The summed E-state index contributed by atoms with van der Waals surface area (Å²) in [4.78, 5) is 32.4. The molecule has 8 heteroatoms. The van der Waals surface area contributed by atoms with Crippen molar-refractivity contribution in [3.05, 3.63) is 71.3 Å². The lowest BCUT2D eigenvalue weighted by Gasteiger charge is -2.31. The van der Waals surface area contributed by atoms with Crippen LogP contribution in [0.15, 0.2) is 64.7 Å². The molecule has 1 saturated heterocycles. The van der Waals surface area contributed by atoms with Gasteiger partial charge in [-0.3, -0.25) is 14.6 Å². The molecule has 2 aromatic carbocycles. The second-order valence-corrected chi connectivity index (χ2v) is 7.64. The third kappa shape index (κ3) is 4.09. The van der Waals surface area contributed by atoms with Crippen molar-refractivity contribution in [1.29, 1.82) is 0 Å². The van der Waals surface area contributed by atoms with Crippen molar-refractivity contribution in [2.24, 2.45) is 10.1 Å². The lowest BCUT2D eigenvalue weighted by molar-refractivity contribution is -0.536. The molecule has 1 atom stereocenters. The first-order valence-corrected chi connectivity index (χ1v) is 10.1. The first-order chi connectivity index (χ1) is 15.0. The predicted molar refractivity (Wildman–Crippen MR) is 119 cm³/mol. The number of guanidine groups is 1. The highest BCUT2D eigenvalue weighted by Gasteiger charge is 2.51. The number of imide groups is 1. The summed E-state index contributed by atoms with van der Waals surface area (Å²) in [6.07, 6.45) is 2.43. The van der Waals surface area contributed by atoms with E-state index < -0.39 is 12.1 Å². The van der Waals surface area contributed by atoms with Gasteiger partial charge >= 0.3 is 12.0 Å². The number of hydrogen-bond donors (Lipinski definition) is 1. The van der Waals surface area contributed by atoms with Gasteiger partial charge in [-0.15, -0.1) is 5.10 Å². The summed E-state index contributed by atoms with van der Waals surface area (Å²) in [5, 5.41) is 4.32. The van der Waals surface area contributed by atoms with E-state index in [1.54, 1.807) is 13.3 Å². The van der Waals surface area contributed by atoms with Crippen molar-refractivity contribution >= 4 is 29.9 Å². The number of nitrogens with zero attached hydrogens (tertiary/aromatic N) is 5. The topological polar surface area (TPSA) is 80.4 Å². The molecule has 0 radical (unpaired) electrons. The highest BCUT2D eigenvalue weighted by Crippen LogP contribution is 2.19. The minimum absolute atomic E-state index is 0.297. The van der Waals surface area contributed by atoms with Gasteiger partial charge in [-0.05, 0) is 18.1 Å². The molecule has 1 unspecified atom stereocenters. The fourth-order valence-electron chi connectivity index (χ4n) is 3.63. The monoisotopic (exact) mass is 417 g/mol. The molecule has 3 amide bonds. The Bertz CT molecular complexity index is 1090. The number of hydrogen-bond acceptors (Lipinski definition) is 5. The molecule has 1 fully saturated rings. The number of hydrazone groups is 1. The van der Waals surface area contributed by atoms with E-state index in [-0.39, 0.29) is 5.91 Å². The number of likely N-dealkylation sites (N-methyl/N-ethyl adjacent to an activating group) is 2. The van der Waals surface area contributed by atoms with Crippen LogP contribution in [0.2, 0.25) is 0 Å². The minimum Gasteiger partial charge on any atom is -0.270 e. The van der Waals surface area contributed by atoms with Gasteiger partial charge in [-0.25, -0.2) is 9.37 Å². The smallest absolute Gasteiger partial charge is 0.270 e. The van der Waals surface area contributed by atoms with Gasteiger partial charge in [-0.2, -0.15) is 5.43 Å². The lowest BCUT2D eigenvalue weighted by Crippen LogP contribution is -2.61. The average Bonchev–Trinajstić information content (AvgIpc) is 3.15. The number of carbonyl (C=O) groups excluding carboxylic acids is 2. The maximum Gasteiger partial charge on any atom is 0.413 e. The molecule has 2 aromatic rings. The molecule has 0 bridgehead atoms. The van der Waals surface area contributed by atoms with E-state index in [0.29, 0.717) is 18.3 Å². The van der Waals surface area contributed by atoms with E-state index in [4.69, 9.17) is 0 Å². The van der Waals surface area contributed by atoms with E-state index >= 15 is 0 Å². The van der Waals surface area contributed by atoms with E-state index in [1.165, 1.54) is 17.5 Å². The Balaban J connectivity index is 1.61. The van der Waals surface area contributed by atoms with Crippen LogP contribution in [0.5, 0.6) is 0 Å². The largest absolute Gasteiger partial charge is 0.413 e. The quantitative estimate of drug-likeness (QED) is 0.458. The SMILES string of the molecule is Cc1ccc(/C=N/NC2=[N+](CCc3ccccc3)C3C(=O)N(C)C(=O)N(C)C3=N2)cc1. The second kappa shape index (κ2) is 8.51. The molecular weight excluding hydrogens is 392 g/mol. The van der Waals surface area contributed by atoms with Crippen LogP contribution in [0.1, 0.15) is 16.7 Å². The molecule has 2 aliphatic heterocycles. The fraction of sp³-hybridized carbons (Fsp3) is 0.261. The second-order valence-electron chi connectivity index (χ2n) is 7.64. The predicted octanol–water partition coefficient (Wildman–Crippen LogP) is 1.83. The van der Waals surface area contributed by atoms with Crippen molar-refractivity contribution in [2.75, 3.05) is 20.6 Å². The fourth-order valence-corrected chi connectivity index (χ4v) is 3.63. The number of carbonyl (C=O) groups is 2. The third-order valence-corrected chi connectivity index (χ3v) is 5.47. The summed E-state index contributed by atoms with van der Waals surface area (Å²) in [6.45, 7) is 2.58. The average molecular weight is 417 g/mol. The van der Waals surface area contributed by atoms with Gasteiger partial charge in [0.25, 0.3) is 5.91 Å². The maximum absolute atomic E-state index is 12.9. The van der Waals surface area contributed by atoms with Crippen molar-refractivity contribution in [1.82, 2.24) is 15.2 Å². The highest BCUT2D eigenvalue weighted by molar-refractivity contribution is 6.22. The van der Waals surface area contributed by atoms with Crippen LogP contribution in [0.4, 0.5) is 4.79 Å². The van der Waals surface area contributed by atoms with Crippen LogP contribution in [0, 0.1) is 6.92 Å². The minimum atomic E-state index is -0.659. The lowest BCUT2D eigenvalue weighted by atomic mass is 10.1. The molecule has 158 valence electrons. The van der Waals surface area contributed by atoms with E-state index in [0.717, 1.165) is 22.4 Å². The molecule has 0 saturated carbocycles. The van der Waals surface area contributed by atoms with Crippen molar-refractivity contribution in [2.45, 2.75) is 19.4 Å². The number of fused-ring (bicyclic) bond motifs is 1. The Labute approximate surface area is 181 Å². The number of benzene rings is 2. The Kier molecular flexibility index (Phi) is 5.62. The van der Waals surface area contributed by atoms with Gasteiger partial charge in [0.05, 0.1) is 12.8 Å². The van der Waals surface area contributed by atoms with Crippen LogP contribution in [0.25, 0.3) is 0 Å². The third-order valence-electron chi connectivity index (χ3n) is 5.47. The van der Waals surface area contributed by atoms with Crippen LogP contribution in [-0.4, -0.2) is 71.0 Å². The number of urea groups is 1. The summed E-state index contributed by atoms with van der Waals surface area (Å²) < 4.78 is 1.87. The Morgan fingerprint density at radius 2 is 1.77 bits per heavy atom. The summed E-state index contributed by atoms with van der Waals surface area (Å²) >= 11 is 0. The molecule has 8 nitrogen and oxygen atoms in total. The molecule has 31 heavy (non-hydrogen) atoms. The molecule has 0 aromatic heterocycles. The number of nitrogens with one attached hydrogen (secondary N) is 1. The standard InChI is InChI=1S/C23H24N6O2/c1-16-9-11-18(12-10-16)15-24-26-22-25-20-19(21(30)28(3)23(31)27(20)2)29(22)14-13-17-7-5-4-6-8-17/h4-12,15,19H,13-14H2,1-3H3/p+1/b24-15+. The number of aryl methyl sites for hydroxylation is 1. The van der Waals surface area contributed by atoms with E-state index in [1.807, 2.05) is 66.1 Å². The maximum atomic E-state index is 12.9. The normalized spacial score (nSPS) is 18.7. The molecule has 2 aliphatic rings. The number of rotatable bonds is 5. The summed E-state index contributed by atoms with van der Waals surface area (Å²) in [5.74, 6) is 0.561. The van der Waals surface area contributed by atoms with E-state index in [2.05, 4.69) is 15.5 Å². The Morgan fingerprint density at radius 3 is 2.48 bits per heavy atom. The molecule has 1 N–H and O–H groups in total. The summed E-state index contributed by atoms with van der Waals surface area (Å²) in [6, 6.07) is 17.0. The molecule has 0 aliphatic carbocycles. The first kappa shape index (κ1) is 20.5. The number of amides is 3. The molecule has 2 heterocycles. The molecular formula is C23H25N6O2+. The van der Waals surface area contributed by atoms with Crippen LogP contribution in [-0.2, 0) is 11.2 Å². The summed E-state index contributed by atoms with van der Waals surface area (Å²) in [7, 11) is 3.12. The van der Waals surface area contributed by atoms with Crippen LogP contribution >= 0.6 is 0 Å². The zero-order valence-corrected chi connectivity index (χ0v) is 17.8. The number of aliphatic imine (C=N–C) groups is 1. The van der Waals surface area contributed by atoms with Gasteiger partial charge in [-0.1, -0.05) is 65.2 Å². The van der Waals surface area contributed by atoms with Crippen LogP contribution in [0.3, 0.4) is 0 Å². The van der Waals surface area contributed by atoms with Crippen LogP contribution < -0.4 is 5.43 Å². The van der Waals surface area contributed by atoms with Gasteiger partial charge in [0.1, 0.15) is 0 Å². The molecule has 4 rings (SSSR count). The highest BCUT2D eigenvalue weighted by atomic mass is 16.2. The number of amidine groups is 1. The van der Waals surface area contributed by atoms with E-state index in [9.17, 15) is 9.59 Å². The van der Waals surface area contributed by atoms with Gasteiger partial charge in [0, 0.05) is 20.5 Å².